The van der Waals surface area contributed by atoms with Crippen LogP contribution in [0, 0.1) is 24.7 Å². The molecule has 3 atom stereocenters. The first-order valence-electron chi connectivity index (χ1n) is 11.1. The molecule has 168 valence electrons. The van der Waals surface area contributed by atoms with Crippen molar-refractivity contribution in [1.29, 1.82) is 0 Å². The van der Waals surface area contributed by atoms with Gasteiger partial charge in [0.05, 0.1) is 23.4 Å². The zero-order valence-electron chi connectivity index (χ0n) is 18.3. The van der Waals surface area contributed by atoms with Crippen molar-refractivity contribution in [3.8, 4) is 5.75 Å². The average molecular weight is 444 g/mol. The minimum Gasteiger partial charge on any atom is -0.426 e. The van der Waals surface area contributed by atoms with Crippen molar-refractivity contribution in [2.75, 3.05) is 16.3 Å². The van der Waals surface area contributed by atoms with Crippen molar-refractivity contribution in [1.82, 2.24) is 0 Å². The quantitative estimate of drug-likeness (QED) is 0.312. The monoisotopic (exact) mass is 444 g/mol. The standard InChI is InChI=1S/C26H24N2O5/c1-16-6-8-18(9-7-16)27-15-17(14-23(27)29)26(32)33-20-12-10-19(11-13-20)28-24(30)21-4-2-3-5-22(21)25(28)31/h2-3,6-13,17,21-22H,4-5,14-15H2,1H3/t17-,21-,22-/m0/s1. The number of hydrogen-bond donors (Lipinski definition) is 0. The van der Waals surface area contributed by atoms with E-state index in [1.807, 2.05) is 43.3 Å². The highest BCUT2D eigenvalue weighted by atomic mass is 16.5. The van der Waals surface area contributed by atoms with Crippen LogP contribution in [0.15, 0.2) is 60.7 Å². The first-order valence-corrected chi connectivity index (χ1v) is 11.1. The number of allylic oxidation sites excluding steroid dienone is 2. The number of nitrogens with zero attached hydrogens (tertiary/aromatic N) is 2. The number of esters is 1. The Hall–Kier alpha value is -3.74. The highest BCUT2D eigenvalue weighted by Crippen LogP contribution is 2.38. The zero-order chi connectivity index (χ0) is 23.1. The Morgan fingerprint density at radius 1 is 0.848 bits per heavy atom. The second-order valence-electron chi connectivity index (χ2n) is 8.82. The first kappa shape index (κ1) is 21.1. The lowest BCUT2D eigenvalue weighted by atomic mass is 9.85. The first-order chi connectivity index (χ1) is 15.9. The van der Waals surface area contributed by atoms with E-state index in [0.717, 1.165) is 11.3 Å². The molecule has 2 aromatic rings. The molecule has 0 unspecified atom stereocenters. The summed E-state index contributed by atoms with van der Waals surface area (Å²) in [5, 5.41) is 0. The predicted octanol–water partition coefficient (Wildman–Crippen LogP) is 3.41. The summed E-state index contributed by atoms with van der Waals surface area (Å²) in [6.45, 7) is 2.24. The Morgan fingerprint density at radius 2 is 1.42 bits per heavy atom. The summed E-state index contributed by atoms with van der Waals surface area (Å²) in [7, 11) is 0. The van der Waals surface area contributed by atoms with Gasteiger partial charge in [-0.15, -0.1) is 0 Å². The summed E-state index contributed by atoms with van der Waals surface area (Å²) < 4.78 is 5.50. The van der Waals surface area contributed by atoms with Crippen LogP contribution < -0.4 is 14.5 Å². The molecule has 3 aliphatic rings. The number of rotatable bonds is 4. The Labute approximate surface area is 191 Å². The van der Waals surface area contributed by atoms with Crippen LogP contribution in [-0.4, -0.2) is 30.2 Å². The van der Waals surface area contributed by atoms with E-state index < -0.39 is 11.9 Å². The summed E-state index contributed by atoms with van der Waals surface area (Å²) in [5.41, 5.74) is 2.33. The van der Waals surface area contributed by atoms with Crippen LogP contribution in [0.4, 0.5) is 11.4 Å². The van der Waals surface area contributed by atoms with Crippen LogP contribution in [0.3, 0.4) is 0 Å². The van der Waals surface area contributed by atoms with E-state index in [4.69, 9.17) is 4.74 Å². The maximum atomic E-state index is 12.7. The molecule has 2 aromatic carbocycles. The molecule has 2 heterocycles. The van der Waals surface area contributed by atoms with Crippen LogP contribution in [0.2, 0.25) is 0 Å². The number of benzene rings is 2. The molecule has 0 radical (unpaired) electrons. The largest absolute Gasteiger partial charge is 0.426 e. The third kappa shape index (κ3) is 3.84. The molecule has 7 nitrogen and oxygen atoms in total. The number of fused-ring (bicyclic) bond motifs is 1. The van der Waals surface area contributed by atoms with Gasteiger partial charge >= 0.3 is 5.97 Å². The third-order valence-electron chi connectivity index (χ3n) is 6.62. The minimum absolute atomic E-state index is 0.0956. The maximum Gasteiger partial charge on any atom is 0.316 e. The summed E-state index contributed by atoms with van der Waals surface area (Å²) >= 11 is 0. The molecule has 1 aliphatic carbocycles. The normalized spacial score (nSPS) is 24.4. The van der Waals surface area contributed by atoms with Gasteiger partial charge in [-0.25, -0.2) is 0 Å². The van der Waals surface area contributed by atoms with Gasteiger partial charge in [0.25, 0.3) is 0 Å². The molecule has 33 heavy (non-hydrogen) atoms. The molecular weight excluding hydrogens is 420 g/mol. The van der Waals surface area contributed by atoms with Crippen LogP contribution in [0.5, 0.6) is 5.75 Å². The number of ether oxygens (including phenoxy) is 1. The Balaban J connectivity index is 1.24. The molecule has 2 fully saturated rings. The molecule has 0 saturated carbocycles. The van der Waals surface area contributed by atoms with Crippen molar-refractivity contribution in [3.05, 3.63) is 66.2 Å². The van der Waals surface area contributed by atoms with Crippen molar-refractivity contribution < 1.29 is 23.9 Å². The summed E-state index contributed by atoms with van der Waals surface area (Å²) in [5.74, 6) is -1.79. The van der Waals surface area contributed by atoms with Crippen molar-refractivity contribution in [2.45, 2.75) is 26.2 Å². The summed E-state index contributed by atoms with van der Waals surface area (Å²) in [6.07, 6.45) is 5.17. The van der Waals surface area contributed by atoms with Gasteiger partial charge in [0.2, 0.25) is 17.7 Å². The van der Waals surface area contributed by atoms with Crippen LogP contribution in [0.25, 0.3) is 0 Å². The van der Waals surface area contributed by atoms with Crippen LogP contribution >= 0.6 is 0 Å². The van der Waals surface area contributed by atoms with E-state index in [1.54, 1.807) is 29.2 Å². The smallest absolute Gasteiger partial charge is 0.316 e. The zero-order valence-corrected chi connectivity index (χ0v) is 18.3. The summed E-state index contributed by atoms with van der Waals surface area (Å²) in [6, 6.07) is 14.0. The van der Waals surface area contributed by atoms with Gasteiger partial charge in [0.1, 0.15) is 5.75 Å². The minimum atomic E-state index is -0.559. The number of anilines is 2. The molecule has 0 N–H and O–H groups in total. The lowest BCUT2D eigenvalue weighted by molar-refractivity contribution is -0.139. The second-order valence-corrected chi connectivity index (χ2v) is 8.82. The number of aryl methyl sites for hydroxylation is 1. The van der Waals surface area contributed by atoms with E-state index in [-0.39, 0.29) is 42.5 Å². The average Bonchev–Trinajstić information content (AvgIpc) is 3.33. The number of amides is 3. The van der Waals surface area contributed by atoms with Gasteiger partial charge in [-0.3, -0.25) is 24.1 Å². The SMILES string of the molecule is Cc1ccc(N2C[C@@H](C(=O)Oc3ccc(N4C(=O)[C@H]5CC=CC[C@@H]5C4=O)cc3)CC2=O)cc1. The Morgan fingerprint density at radius 3 is 2.03 bits per heavy atom. The Bertz CT molecular complexity index is 1130. The maximum absolute atomic E-state index is 12.7. The topological polar surface area (TPSA) is 84.0 Å². The fraction of sp³-hybridized carbons (Fsp3) is 0.308. The number of hydrogen-bond acceptors (Lipinski definition) is 5. The van der Waals surface area contributed by atoms with E-state index >= 15 is 0 Å². The second kappa shape index (κ2) is 8.31. The Kier molecular flexibility index (Phi) is 5.32. The van der Waals surface area contributed by atoms with Gasteiger partial charge in [-0.1, -0.05) is 29.8 Å². The van der Waals surface area contributed by atoms with Gasteiger partial charge in [0, 0.05) is 18.7 Å². The molecule has 2 aliphatic heterocycles. The number of carbonyl (C=O) groups excluding carboxylic acids is 4. The van der Waals surface area contributed by atoms with Crippen LogP contribution in [-0.2, 0) is 19.2 Å². The molecule has 0 spiro atoms. The highest BCUT2D eigenvalue weighted by molar-refractivity contribution is 6.22. The molecule has 7 heteroatoms. The third-order valence-corrected chi connectivity index (χ3v) is 6.62. The fourth-order valence-electron chi connectivity index (χ4n) is 4.76. The van der Waals surface area contributed by atoms with E-state index in [9.17, 15) is 19.2 Å². The van der Waals surface area contributed by atoms with Crippen molar-refractivity contribution in [3.63, 3.8) is 0 Å². The van der Waals surface area contributed by atoms with Crippen molar-refractivity contribution in [2.24, 2.45) is 17.8 Å². The van der Waals surface area contributed by atoms with Crippen LogP contribution in [0.1, 0.15) is 24.8 Å². The van der Waals surface area contributed by atoms with Gasteiger partial charge in [-0.05, 0) is 56.2 Å². The number of carbonyl (C=O) groups is 4. The van der Waals surface area contributed by atoms with Gasteiger partial charge in [0.15, 0.2) is 0 Å². The van der Waals surface area contributed by atoms with E-state index in [0.29, 0.717) is 24.3 Å². The molecular formula is C26H24N2O5. The molecule has 0 bridgehead atoms. The molecule has 2 saturated heterocycles. The highest BCUT2D eigenvalue weighted by Gasteiger charge is 2.47. The van der Waals surface area contributed by atoms with E-state index in [2.05, 4.69) is 0 Å². The van der Waals surface area contributed by atoms with Gasteiger partial charge in [-0.2, -0.15) is 0 Å². The summed E-state index contributed by atoms with van der Waals surface area (Å²) in [4.78, 5) is 53.4. The molecule has 3 amide bonds. The molecule has 5 rings (SSSR count). The fourth-order valence-corrected chi connectivity index (χ4v) is 4.76. The lowest BCUT2D eigenvalue weighted by Gasteiger charge is -2.17. The van der Waals surface area contributed by atoms with E-state index in [1.165, 1.54) is 4.90 Å². The predicted molar refractivity (Wildman–Crippen MR) is 122 cm³/mol. The lowest BCUT2D eigenvalue weighted by Crippen LogP contribution is -2.30. The van der Waals surface area contributed by atoms with Gasteiger partial charge < -0.3 is 9.64 Å². The van der Waals surface area contributed by atoms with Crippen molar-refractivity contribution >= 4 is 35.1 Å². The number of imide groups is 1. The molecule has 0 aromatic heterocycles.